The zero-order valence-electron chi connectivity index (χ0n) is 22.6. The van der Waals surface area contributed by atoms with Gasteiger partial charge in [0.25, 0.3) is 0 Å². The normalized spacial score (nSPS) is 17.8. The van der Waals surface area contributed by atoms with E-state index in [4.69, 9.17) is 5.73 Å². The third kappa shape index (κ3) is 5.76. The molecule has 0 atom stereocenters. The molecule has 1 amide bonds. The van der Waals surface area contributed by atoms with Crippen LogP contribution in [0.5, 0.6) is 0 Å². The van der Waals surface area contributed by atoms with Crippen LogP contribution < -0.4 is 5.73 Å². The largest absolute Gasteiger partial charge is 0.416 e. The zero-order valence-corrected chi connectivity index (χ0v) is 22.6. The lowest BCUT2D eigenvalue weighted by Gasteiger charge is -2.38. The van der Waals surface area contributed by atoms with Gasteiger partial charge in [0.1, 0.15) is 11.5 Å². The summed E-state index contributed by atoms with van der Waals surface area (Å²) >= 11 is 0. The first-order chi connectivity index (χ1) is 19.8. The molecular weight excluding hydrogens is 531 g/mol. The minimum atomic E-state index is -4.45. The number of rotatable bonds is 5. The van der Waals surface area contributed by atoms with E-state index in [2.05, 4.69) is 19.9 Å². The quantitative estimate of drug-likeness (QED) is 0.360. The number of likely N-dealkylation sites (tertiary alicyclic amines) is 2. The molecule has 2 N–H and O–H groups in total. The van der Waals surface area contributed by atoms with E-state index in [0.29, 0.717) is 54.3 Å². The monoisotopic (exact) mass is 563 g/mol. The number of aromatic nitrogens is 4. The lowest BCUT2D eigenvalue weighted by atomic mass is 9.93. The predicted molar refractivity (Wildman–Crippen MR) is 149 cm³/mol. The maximum Gasteiger partial charge on any atom is 0.416 e. The topological polar surface area (TPSA) is 93.2 Å². The molecule has 11 heteroatoms. The number of anilines is 1. The number of hydrogen-bond donors (Lipinski definition) is 1. The molecule has 8 nitrogen and oxygen atoms in total. The fourth-order valence-corrected chi connectivity index (χ4v) is 6.11. The number of carbonyl (C=O) groups excluding carboxylic acids is 1. The third-order valence-corrected chi connectivity index (χ3v) is 8.24. The molecule has 5 heterocycles. The first-order valence-corrected chi connectivity index (χ1v) is 14.0. The van der Waals surface area contributed by atoms with Crippen molar-refractivity contribution in [3.05, 3.63) is 72.1 Å². The van der Waals surface area contributed by atoms with E-state index in [9.17, 15) is 18.0 Å². The Kier molecular flexibility index (Phi) is 7.37. The number of imidazole rings is 1. The number of carbonyl (C=O) groups is 1. The Morgan fingerprint density at radius 3 is 2.39 bits per heavy atom. The number of pyridine rings is 2. The van der Waals surface area contributed by atoms with Crippen molar-refractivity contribution < 1.29 is 18.0 Å². The molecule has 0 spiro atoms. The van der Waals surface area contributed by atoms with E-state index in [1.807, 2.05) is 33.7 Å². The van der Waals surface area contributed by atoms with E-state index < -0.39 is 11.7 Å². The van der Waals surface area contributed by atoms with Crippen molar-refractivity contribution in [2.45, 2.75) is 44.4 Å². The Morgan fingerprint density at radius 1 is 0.927 bits per heavy atom. The molecular formula is C30H32F3N7O. The number of amides is 1. The van der Waals surface area contributed by atoms with Crippen molar-refractivity contribution >= 4 is 22.8 Å². The summed E-state index contributed by atoms with van der Waals surface area (Å²) < 4.78 is 42.3. The Morgan fingerprint density at radius 2 is 1.71 bits per heavy atom. The number of nitrogens with zero attached hydrogens (tertiary/aromatic N) is 6. The molecule has 6 rings (SSSR count). The summed E-state index contributed by atoms with van der Waals surface area (Å²) in [6.07, 6.45) is 1.95. The van der Waals surface area contributed by atoms with Gasteiger partial charge in [0.15, 0.2) is 5.82 Å². The van der Waals surface area contributed by atoms with Gasteiger partial charge in [-0.1, -0.05) is 6.07 Å². The van der Waals surface area contributed by atoms with Gasteiger partial charge < -0.3 is 15.2 Å². The Balaban J connectivity index is 1.13. The Hall–Kier alpha value is -3.99. The highest BCUT2D eigenvalue weighted by molar-refractivity contribution is 5.81. The smallest absolute Gasteiger partial charge is 0.384 e. The zero-order chi connectivity index (χ0) is 28.6. The van der Waals surface area contributed by atoms with Crippen LogP contribution in [0, 0.1) is 5.92 Å². The summed E-state index contributed by atoms with van der Waals surface area (Å²) in [5.41, 5.74) is 7.75. The molecule has 214 valence electrons. The minimum absolute atomic E-state index is 0.00394. The van der Waals surface area contributed by atoms with Crippen LogP contribution in [0.4, 0.5) is 19.0 Å². The minimum Gasteiger partial charge on any atom is -0.384 e. The number of fused-ring (bicyclic) bond motifs is 1. The van der Waals surface area contributed by atoms with Gasteiger partial charge in [-0.05, 0) is 86.8 Å². The lowest BCUT2D eigenvalue weighted by Crippen LogP contribution is -2.45. The van der Waals surface area contributed by atoms with E-state index in [1.165, 1.54) is 6.07 Å². The van der Waals surface area contributed by atoms with Gasteiger partial charge in [0, 0.05) is 44.0 Å². The lowest BCUT2D eigenvalue weighted by molar-refractivity contribution is -0.138. The van der Waals surface area contributed by atoms with E-state index in [1.54, 1.807) is 18.5 Å². The maximum absolute atomic E-state index is 13.4. The van der Waals surface area contributed by atoms with Crippen molar-refractivity contribution in [1.82, 2.24) is 29.3 Å². The summed E-state index contributed by atoms with van der Waals surface area (Å²) in [4.78, 5) is 30.8. The van der Waals surface area contributed by atoms with Crippen molar-refractivity contribution in [3.8, 4) is 11.5 Å². The van der Waals surface area contributed by atoms with Gasteiger partial charge in [-0.25, -0.2) is 9.97 Å². The first-order valence-electron chi connectivity index (χ1n) is 14.0. The molecule has 0 saturated carbocycles. The molecule has 2 aliphatic rings. The molecule has 1 aromatic carbocycles. The number of nitrogens with two attached hydrogens (primary N) is 1. The summed E-state index contributed by atoms with van der Waals surface area (Å²) in [5, 5.41) is 0. The van der Waals surface area contributed by atoms with E-state index >= 15 is 0 Å². The van der Waals surface area contributed by atoms with Gasteiger partial charge in [-0.3, -0.25) is 14.7 Å². The van der Waals surface area contributed by atoms with E-state index in [-0.39, 0.29) is 17.9 Å². The number of nitrogen functional groups attached to an aromatic ring is 1. The van der Waals surface area contributed by atoms with Crippen LogP contribution >= 0.6 is 0 Å². The third-order valence-electron chi connectivity index (χ3n) is 8.24. The second-order valence-electron chi connectivity index (χ2n) is 10.9. The molecule has 0 radical (unpaired) electrons. The molecule has 0 aliphatic carbocycles. The molecule has 0 unspecified atom stereocenters. The fraction of sp³-hybridized carbons (Fsp3) is 0.400. The fourth-order valence-electron chi connectivity index (χ4n) is 6.11. The van der Waals surface area contributed by atoms with Crippen LogP contribution in [0.15, 0.2) is 60.9 Å². The number of benzene rings is 1. The van der Waals surface area contributed by atoms with Gasteiger partial charge in [-0.15, -0.1) is 0 Å². The van der Waals surface area contributed by atoms with Crippen LogP contribution in [0.25, 0.3) is 22.6 Å². The predicted octanol–water partition coefficient (Wildman–Crippen LogP) is 5.17. The Bertz CT molecular complexity index is 1520. The highest BCUT2D eigenvalue weighted by Gasteiger charge is 2.34. The second-order valence-corrected chi connectivity index (χ2v) is 10.9. The molecule has 2 saturated heterocycles. The number of alkyl halides is 3. The van der Waals surface area contributed by atoms with Crippen molar-refractivity contribution in [2.75, 3.05) is 31.9 Å². The van der Waals surface area contributed by atoms with Crippen LogP contribution in [-0.4, -0.2) is 61.4 Å². The van der Waals surface area contributed by atoms with Crippen molar-refractivity contribution in [3.63, 3.8) is 0 Å². The van der Waals surface area contributed by atoms with Crippen molar-refractivity contribution in [2.24, 2.45) is 5.92 Å². The highest BCUT2D eigenvalue weighted by Crippen LogP contribution is 2.36. The van der Waals surface area contributed by atoms with Crippen LogP contribution in [0.1, 0.15) is 42.9 Å². The van der Waals surface area contributed by atoms with Crippen molar-refractivity contribution in [1.29, 1.82) is 0 Å². The highest BCUT2D eigenvalue weighted by atomic mass is 19.4. The average molecular weight is 564 g/mol. The summed E-state index contributed by atoms with van der Waals surface area (Å²) in [7, 11) is 0. The van der Waals surface area contributed by atoms with Crippen LogP contribution in [0.2, 0.25) is 0 Å². The number of piperidine rings is 2. The summed E-state index contributed by atoms with van der Waals surface area (Å²) in [5.74, 6) is 1.27. The molecule has 41 heavy (non-hydrogen) atoms. The van der Waals surface area contributed by atoms with Crippen LogP contribution in [-0.2, 0) is 17.5 Å². The molecule has 4 aromatic rings. The Labute approximate surface area is 236 Å². The van der Waals surface area contributed by atoms with E-state index in [0.717, 1.165) is 50.2 Å². The first kappa shape index (κ1) is 27.2. The number of hydrogen-bond acceptors (Lipinski definition) is 6. The summed E-state index contributed by atoms with van der Waals surface area (Å²) in [6, 6.07) is 13.0. The average Bonchev–Trinajstić information content (AvgIpc) is 3.36. The summed E-state index contributed by atoms with van der Waals surface area (Å²) in [6.45, 7) is 3.69. The number of halogens is 3. The standard InChI is InChI=1S/C30H32F3N7O/c31-30(32,33)22-4-5-26-25(18-22)37-28(24-3-1-2-11-35-24)40(26)23-9-15-39(16-10-23)29(41)21-7-13-38(14-8-21)19-20-6-12-36-27(34)17-20/h1-6,11-12,17-18,21,23H,7-10,13-16,19H2,(H2,34,36). The van der Waals surface area contributed by atoms with Gasteiger partial charge in [0.05, 0.1) is 16.6 Å². The van der Waals surface area contributed by atoms with Gasteiger partial charge >= 0.3 is 6.18 Å². The molecule has 2 fully saturated rings. The SMILES string of the molecule is Nc1cc(CN2CCC(C(=O)N3CCC(n4c(-c5ccccn5)nc5cc(C(F)(F)F)ccc54)CC3)CC2)ccn1. The maximum atomic E-state index is 13.4. The van der Waals surface area contributed by atoms with Gasteiger partial charge in [-0.2, -0.15) is 13.2 Å². The van der Waals surface area contributed by atoms with Crippen LogP contribution in [0.3, 0.4) is 0 Å². The molecule has 0 bridgehead atoms. The second kappa shape index (κ2) is 11.1. The molecule has 2 aliphatic heterocycles. The molecule has 3 aromatic heterocycles. The van der Waals surface area contributed by atoms with Gasteiger partial charge in [0.2, 0.25) is 5.91 Å².